The fraction of sp³-hybridized carbons (Fsp3) is 0.231. The zero-order chi connectivity index (χ0) is 12.3. The van der Waals surface area contributed by atoms with Gasteiger partial charge in [-0.15, -0.1) is 0 Å². The first-order valence-electron chi connectivity index (χ1n) is 5.42. The number of rotatable bonds is 4. The van der Waals surface area contributed by atoms with Gasteiger partial charge in [-0.1, -0.05) is 6.07 Å². The summed E-state index contributed by atoms with van der Waals surface area (Å²) in [5, 5.41) is 0. The normalized spacial score (nSPS) is 10.5. The van der Waals surface area contributed by atoms with Crippen LogP contribution in [0.5, 0.6) is 0 Å². The zero-order valence-electron chi connectivity index (χ0n) is 9.69. The fourth-order valence-corrected chi connectivity index (χ4v) is 2.44. The van der Waals surface area contributed by atoms with Crippen molar-refractivity contribution < 1.29 is 4.42 Å². The van der Waals surface area contributed by atoms with E-state index >= 15 is 0 Å². The van der Waals surface area contributed by atoms with Crippen LogP contribution in [0.25, 0.3) is 0 Å². The number of benzene rings is 1. The highest BCUT2D eigenvalue weighted by atomic mass is 79.9. The van der Waals surface area contributed by atoms with Crippen LogP contribution in [0.15, 0.2) is 45.5 Å². The lowest BCUT2D eigenvalue weighted by Crippen LogP contribution is -2.16. The molecule has 1 heterocycles. The van der Waals surface area contributed by atoms with E-state index in [1.165, 1.54) is 0 Å². The minimum absolute atomic E-state index is 0.556. The van der Waals surface area contributed by atoms with Gasteiger partial charge in [0.2, 0.25) is 0 Å². The maximum atomic E-state index is 5.61. The maximum absolute atomic E-state index is 5.61. The summed E-state index contributed by atoms with van der Waals surface area (Å²) in [4.78, 5) is 2.13. The molecule has 0 bridgehead atoms. The Morgan fingerprint density at radius 3 is 2.76 bits per heavy atom. The van der Waals surface area contributed by atoms with Crippen molar-refractivity contribution in [2.24, 2.45) is 5.73 Å². The topological polar surface area (TPSA) is 42.4 Å². The predicted octanol–water partition coefficient (Wildman–Crippen LogP) is 3.14. The lowest BCUT2D eigenvalue weighted by molar-refractivity contribution is 0.507. The van der Waals surface area contributed by atoms with Crippen molar-refractivity contribution in [2.75, 3.05) is 11.9 Å². The van der Waals surface area contributed by atoms with Crippen LogP contribution < -0.4 is 10.6 Å². The second-order valence-corrected chi connectivity index (χ2v) is 4.78. The number of halogens is 1. The SMILES string of the molecule is CN(Cc1ccco1)c1ccc(CN)cc1Br. The van der Waals surface area contributed by atoms with Gasteiger partial charge in [-0.25, -0.2) is 0 Å². The van der Waals surface area contributed by atoms with Crippen LogP contribution in [0, 0.1) is 0 Å². The van der Waals surface area contributed by atoms with Crippen molar-refractivity contribution in [1.29, 1.82) is 0 Å². The minimum atomic E-state index is 0.556. The Bertz CT molecular complexity index is 482. The third-order valence-electron chi connectivity index (χ3n) is 2.63. The molecule has 0 saturated carbocycles. The molecule has 0 amide bonds. The molecule has 0 atom stereocenters. The number of furan rings is 1. The van der Waals surface area contributed by atoms with Crippen molar-refractivity contribution in [3.63, 3.8) is 0 Å². The number of hydrogen-bond acceptors (Lipinski definition) is 3. The number of nitrogens with two attached hydrogens (primary N) is 1. The Morgan fingerprint density at radius 1 is 1.35 bits per heavy atom. The third-order valence-corrected chi connectivity index (χ3v) is 3.27. The quantitative estimate of drug-likeness (QED) is 0.942. The third kappa shape index (κ3) is 2.90. The van der Waals surface area contributed by atoms with Crippen molar-refractivity contribution in [1.82, 2.24) is 0 Å². The molecule has 2 rings (SSSR count). The summed E-state index contributed by atoms with van der Waals surface area (Å²) in [5.41, 5.74) is 7.85. The Balaban J connectivity index is 2.16. The van der Waals surface area contributed by atoms with Crippen molar-refractivity contribution in [3.8, 4) is 0 Å². The Kier molecular flexibility index (Phi) is 3.86. The molecule has 0 fully saturated rings. The van der Waals surface area contributed by atoms with Gasteiger partial charge in [0.15, 0.2) is 0 Å². The first-order valence-corrected chi connectivity index (χ1v) is 6.22. The molecule has 17 heavy (non-hydrogen) atoms. The molecule has 0 aliphatic carbocycles. The summed E-state index contributed by atoms with van der Waals surface area (Å²) in [5.74, 6) is 0.947. The number of anilines is 1. The van der Waals surface area contributed by atoms with Gasteiger partial charge in [-0.2, -0.15) is 0 Å². The Morgan fingerprint density at radius 2 is 2.18 bits per heavy atom. The van der Waals surface area contributed by atoms with E-state index in [-0.39, 0.29) is 0 Å². The van der Waals surface area contributed by atoms with E-state index < -0.39 is 0 Å². The summed E-state index contributed by atoms with van der Waals surface area (Å²) in [6, 6.07) is 10.0. The average molecular weight is 295 g/mol. The van der Waals surface area contributed by atoms with Crippen LogP contribution in [-0.2, 0) is 13.1 Å². The molecule has 0 unspecified atom stereocenters. The summed E-state index contributed by atoms with van der Waals surface area (Å²) < 4.78 is 6.38. The van der Waals surface area contributed by atoms with Crippen molar-refractivity contribution in [3.05, 3.63) is 52.4 Å². The minimum Gasteiger partial charge on any atom is -0.467 e. The molecule has 1 aromatic heterocycles. The van der Waals surface area contributed by atoms with Crippen LogP contribution >= 0.6 is 15.9 Å². The van der Waals surface area contributed by atoms with Crippen molar-refractivity contribution in [2.45, 2.75) is 13.1 Å². The van der Waals surface area contributed by atoms with Crippen LogP contribution in [0.2, 0.25) is 0 Å². The van der Waals surface area contributed by atoms with Gasteiger partial charge in [0.25, 0.3) is 0 Å². The fourth-order valence-electron chi connectivity index (χ4n) is 1.71. The summed E-state index contributed by atoms with van der Waals surface area (Å²) in [6.07, 6.45) is 1.69. The molecule has 0 aliphatic rings. The number of nitrogens with zero attached hydrogens (tertiary/aromatic N) is 1. The van der Waals surface area contributed by atoms with Crippen LogP contribution in [0.4, 0.5) is 5.69 Å². The molecule has 0 aliphatic heterocycles. The van der Waals surface area contributed by atoms with Gasteiger partial charge in [0, 0.05) is 18.1 Å². The highest BCUT2D eigenvalue weighted by molar-refractivity contribution is 9.10. The summed E-state index contributed by atoms with van der Waals surface area (Å²) >= 11 is 3.56. The molecule has 1 aromatic carbocycles. The molecule has 0 saturated heterocycles. The van der Waals surface area contributed by atoms with E-state index in [2.05, 4.69) is 26.9 Å². The van der Waals surface area contributed by atoms with Crippen molar-refractivity contribution >= 4 is 21.6 Å². The lowest BCUT2D eigenvalue weighted by Gasteiger charge is -2.20. The van der Waals surface area contributed by atoms with Gasteiger partial charge in [-0.3, -0.25) is 0 Å². The Labute approximate surface area is 109 Å². The molecular weight excluding hydrogens is 280 g/mol. The average Bonchev–Trinajstić information content (AvgIpc) is 2.81. The maximum Gasteiger partial charge on any atom is 0.123 e. The van der Waals surface area contributed by atoms with Gasteiger partial charge < -0.3 is 15.1 Å². The molecule has 0 radical (unpaired) electrons. The molecule has 4 heteroatoms. The standard InChI is InChI=1S/C13H15BrN2O/c1-16(9-11-3-2-6-17-11)13-5-4-10(8-15)7-12(13)14/h2-7H,8-9,15H2,1H3. The molecule has 2 aromatic rings. The zero-order valence-corrected chi connectivity index (χ0v) is 11.3. The van der Waals surface area contributed by atoms with Gasteiger partial charge in [-0.05, 0) is 45.8 Å². The molecule has 2 N–H and O–H groups in total. The Hall–Kier alpha value is -1.26. The van der Waals surface area contributed by atoms with E-state index in [4.69, 9.17) is 10.2 Å². The molecule has 3 nitrogen and oxygen atoms in total. The molecule has 0 spiro atoms. The smallest absolute Gasteiger partial charge is 0.123 e. The van der Waals surface area contributed by atoms with Crippen LogP contribution in [0.1, 0.15) is 11.3 Å². The van der Waals surface area contributed by atoms with Gasteiger partial charge in [0.05, 0.1) is 18.5 Å². The van der Waals surface area contributed by atoms with E-state index in [0.29, 0.717) is 6.54 Å². The van der Waals surface area contributed by atoms with Crippen LogP contribution in [-0.4, -0.2) is 7.05 Å². The monoisotopic (exact) mass is 294 g/mol. The molecular formula is C13H15BrN2O. The first kappa shape index (κ1) is 12.2. The van der Waals surface area contributed by atoms with E-state index in [9.17, 15) is 0 Å². The summed E-state index contributed by atoms with van der Waals surface area (Å²) in [6.45, 7) is 1.30. The second kappa shape index (κ2) is 5.38. The van der Waals surface area contributed by atoms with E-state index in [0.717, 1.165) is 28.0 Å². The summed E-state index contributed by atoms with van der Waals surface area (Å²) in [7, 11) is 2.03. The second-order valence-electron chi connectivity index (χ2n) is 3.93. The molecule has 90 valence electrons. The van der Waals surface area contributed by atoms with Gasteiger partial charge >= 0.3 is 0 Å². The highest BCUT2D eigenvalue weighted by Gasteiger charge is 2.08. The first-order chi connectivity index (χ1) is 8.20. The largest absolute Gasteiger partial charge is 0.467 e. The van der Waals surface area contributed by atoms with E-state index in [1.807, 2.05) is 31.3 Å². The van der Waals surface area contributed by atoms with E-state index in [1.54, 1.807) is 6.26 Å². The lowest BCUT2D eigenvalue weighted by atomic mass is 10.2. The van der Waals surface area contributed by atoms with Crippen LogP contribution in [0.3, 0.4) is 0 Å². The predicted molar refractivity (Wildman–Crippen MR) is 72.8 cm³/mol. The van der Waals surface area contributed by atoms with Gasteiger partial charge in [0.1, 0.15) is 5.76 Å². The highest BCUT2D eigenvalue weighted by Crippen LogP contribution is 2.27. The number of hydrogen-bond donors (Lipinski definition) is 1.